The first-order valence-electron chi connectivity index (χ1n) is 6.70. The molecule has 1 N–H and O–H groups in total. The summed E-state index contributed by atoms with van der Waals surface area (Å²) in [4.78, 5) is 26.4. The third-order valence-corrected chi connectivity index (χ3v) is 3.85. The zero-order chi connectivity index (χ0) is 14.2. The van der Waals surface area contributed by atoms with Crippen molar-refractivity contribution < 1.29 is 9.59 Å². The van der Waals surface area contributed by atoms with Crippen molar-refractivity contribution in [2.24, 2.45) is 11.3 Å². The molecule has 0 saturated carbocycles. The highest BCUT2D eigenvalue weighted by molar-refractivity contribution is 5.97. The Hall–Kier alpha value is -1.06. The summed E-state index contributed by atoms with van der Waals surface area (Å²) in [5.74, 6) is 0.320. The van der Waals surface area contributed by atoms with Crippen LogP contribution in [0.1, 0.15) is 48.5 Å². The molecular weight excluding hydrogens is 228 g/mol. The normalized spacial score (nSPS) is 27.4. The number of carbonyl (C=O) groups is 2. The first-order valence-corrected chi connectivity index (χ1v) is 6.70. The van der Waals surface area contributed by atoms with Crippen LogP contribution in [0.3, 0.4) is 0 Å². The average molecular weight is 254 g/mol. The van der Waals surface area contributed by atoms with Crippen LogP contribution in [-0.2, 0) is 9.59 Å². The van der Waals surface area contributed by atoms with Gasteiger partial charge < -0.3 is 10.2 Å². The Morgan fingerprint density at radius 1 is 1.17 bits per heavy atom. The lowest BCUT2D eigenvalue weighted by Crippen LogP contribution is -2.68. The lowest BCUT2D eigenvalue weighted by atomic mass is 9.83. The van der Waals surface area contributed by atoms with Gasteiger partial charge in [-0.15, -0.1) is 0 Å². The first kappa shape index (κ1) is 15.0. The summed E-state index contributed by atoms with van der Waals surface area (Å²) in [7, 11) is 0. The van der Waals surface area contributed by atoms with Crippen LogP contribution in [0.15, 0.2) is 0 Å². The van der Waals surface area contributed by atoms with Crippen molar-refractivity contribution in [3.05, 3.63) is 0 Å². The van der Waals surface area contributed by atoms with Crippen molar-refractivity contribution in [3.8, 4) is 0 Å². The third kappa shape index (κ3) is 2.68. The highest BCUT2D eigenvalue weighted by Gasteiger charge is 2.45. The Balaban J connectivity index is 3.07. The Kier molecular flexibility index (Phi) is 4.08. The molecule has 2 amide bonds. The molecule has 3 atom stereocenters. The Morgan fingerprint density at radius 2 is 1.67 bits per heavy atom. The predicted octanol–water partition coefficient (Wildman–Crippen LogP) is 1.79. The maximum absolute atomic E-state index is 12.6. The molecule has 1 heterocycles. The summed E-state index contributed by atoms with van der Waals surface area (Å²) in [5, 5.41) is 2.85. The zero-order valence-electron chi connectivity index (χ0n) is 12.6. The zero-order valence-corrected chi connectivity index (χ0v) is 12.6. The Labute approximate surface area is 110 Å². The van der Waals surface area contributed by atoms with E-state index in [1.807, 2.05) is 27.7 Å². The molecule has 1 rings (SSSR count). The van der Waals surface area contributed by atoms with E-state index in [1.54, 1.807) is 11.8 Å². The summed E-state index contributed by atoms with van der Waals surface area (Å²) >= 11 is 0. The minimum absolute atomic E-state index is 0.0378. The van der Waals surface area contributed by atoms with E-state index in [4.69, 9.17) is 0 Å². The highest BCUT2D eigenvalue weighted by Crippen LogP contribution is 2.27. The fourth-order valence-corrected chi connectivity index (χ4v) is 2.25. The Morgan fingerprint density at radius 3 is 2.06 bits per heavy atom. The molecule has 4 nitrogen and oxygen atoms in total. The molecule has 1 aliphatic heterocycles. The average Bonchev–Trinajstić information content (AvgIpc) is 2.21. The standard InChI is InChI=1S/C14H26N2O2/c1-8(2)9(3)16-10(4)12(17)15-11(13(16)18)14(5,6)7/h8-11H,1-7H3,(H,15,17). The summed E-state index contributed by atoms with van der Waals surface area (Å²) in [5.41, 5.74) is -0.262. The van der Waals surface area contributed by atoms with Gasteiger partial charge in [-0.2, -0.15) is 0 Å². The van der Waals surface area contributed by atoms with Crippen LogP contribution in [0, 0.1) is 11.3 Å². The molecule has 0 bridgehead atoms. The van der Waals surface area contributed by atoms with Gasteiger partial charge in [-0.05, 0) is 25.2 Å². The van der Waals surface area contributed by atoms with Gasteiger partial charge in [0.2, 0.25) is 11.8 Å². The number of carbonyl (C=O) groups excluding carboxylic acids is 2. The summed E-state index contributed by atoms with van der Waals surface area (Å²) in [6.07, 6.45) is 0. The molecule has 0 aromatic heterocycles. The van der Waals surface area contributed by atoms with Gasteiger partial charge in [-0.25, -0.2) is 0 Å². The van der Waals surface area contributed by atoms with Crippen molar-refractivity contribution in [1.29, 1.82) is 0 Å². The molecule has 0 aliphatic carbocycles. The first-order chi connectivity index (χ1) is 8.07. The second-order valence-electron chi connectivity index (χ2n) is 6.71. The number of amides is 2. The van der Waals surface area contributed by atoms with Crippen molar-refractivity contribution >= 4 is 11.8 Å². The lowest BCUT2D eigenvalue weighted by molar-refractivity contribution is -0.155. The second-order valence-corrected chi connectivity index (χ2v) is 6.71. The fourth-order valence-electron chi connectivity index (χ4n) is 2.25. The van der Waals surface area contributed by atoms with E-state index in [0.717, 1.165) is 0 Å². The molecule has 4 heteroatoms. The van der Waals surface area contributed by atoms with Crippen LogP contribution >= 0.6 is 0 Å². The highest BCUT2D eigenvalue weighted by atomic mass is 16.2. The number of hydrogen-bond acceptors (Lipinski definition) is 2. The van der Waals surface area contributed by atoms with Crippen molar-refractivity contribution in [2.45, 2.75) is 66.6 Å². The third-order valence-electron chi connectivity index (χ3n) is 3.85. The largest absolute Gasteiger partial charge is 0.342 e. The quantitative estimate of drug-likeness (QED) is 0.817. The monoisotopic (exact) mass is 254 g/mol. The summed E-state index contributed by atoms with van der Waals surface area (Å²) < 4.78 is 0. The van der Waals surface area contributed by atoms with E-state index in [9.17, 15) is 9.59 Å². The molecule has 18 heavy (non-hydrogen) atoms. The summed E-state index contributed by atoms with van der Waals surface area (Å²) in [6, 6.07) is -0.737. The van der Waals surface area contributed by atoms with Crippen LogP contribution in [-0.4, -0.2) is 34.8 Å². The van der Waals surface area contributed by atoms with Crippen molar-refractivity contribution in [3.63, 3.8) is 0 Å². The molecule has 0 radical (unpaired) electrons. The SMILES string of the molecule is CC(C)C(C)N1C(=O)C(C(C)(C)C)NC(=O)C1C. The van der Waals surface area contributed by atoms with Crippen LogP contribution in [0.4, 0.5) is 0 Å². The smallest absolute Gasteiger partial charge is 0.246 e. The number of rotatable bonds is 2. The van der Waals surface area contributed by atoms with E-state index in [1.165, 1.54) is 0 Å². The van der Waals surface area contributed by atoms with E-state index in [-0.39, 0.29) is 29.3 Å². The van der Waals surface area contributed by atoms with Crippen molar-refractivity contribution in [1.82, 2.24) is 10.2 Å². The van der Waals surface area contributed by atoms with Gasteiger partial charge in [-0.3, -0.25) is 9.59 Å². The molecule has 1 fully saturated rings. The van der Waals surface area contributed by atoms with Gasteiger partial charge in [0.25, 0.3) is 0 Å². The number of piperazine rings is 1. The van der Waals surface area contributed by atoms with E-state index >= 15 is 0 Å². The lowest BCUT2D eigenvalue weighted by Gasteiger charge is -2.45. The van der Waals surface area contributed by atoms with Gasteiger partial charge in [-0.1, -0.05) is 34.6 Å². The van der Waals surface area contributed by atoms with Gasteiger partial charge in [0.1, 0.15) is 12.1 Å². The van der Waals surface area contributed by atoms with Gasteiger partial charge in [0.05, 0.1) is 0 Å². The molecule has 3 unspecified atom stereocenters. The maximum Gasteiger partial charge on any atom is 0.246 e. The topological polar surface area (TPSA) is 49.4 Å². The molecule has 0 aromatic rings. The number of nitrogens with one attached hydrogen (secondary N) is 1. The van der Waals surface area contributed by atoms with Gasteiger partial charge in [0, 0.05) is 6.04 Å². The van der Waals surface area contributed by atoms with Crippen molar-refractivity contribution in [2.75, 3.05) is 0 Å². The molecule has 0 aromatic carbocycles. The van der Waals surface area contributed by atoms with E-state index < -0.39 is 6.04 Å². The van der Waals surface area contributed by atoms with Crippen LogP contribution in [0.25, 0.3) is 0 Å². The maximum atomic E-state index is 12.6. The Bertz CT molecular complexity index is 344. The molecule has 1 saturated heterocycles. The van der Waals surface area contributed by atoms with Crippen LogP contribution < -0.4 is 5.32 Å². The van der Waals surface area contributed by atoms with E-state index in [2.05, 4.69) is 19.2 Å². The number of hydrogen-bond donors (Lipinski definition) is 1. The molecule has 0 spiro atoms. The molecule has 1 aliphatic rings. The second kappa shape index (κ2) is 4.90. The minimum atomic E-state index is -0.428. The summed E-state index contributed by atoms with van der Waals surface area (Å²) in [6.45, 7) is 13.9. The molecular formula is C14H26N2O2. The van der Waals surface area contributed by atoms with Gasteiger partial charge >= 0.3 is 0 Å². The predicted molar refractivity (Wildman–Crippen MR) is 72.0 cm³/mol. The van der Waals surface area contributed by atoms with E-state index in [0.29, 0.717) is 5.92 Å². The van der Waals surface area contributed by atoms with Crippen LogP contribution in [0.5, 0.6) is 0 Å². The number of nitrogens with zero attached hydrogens (tertiary/aromatic N) is 1. The molecule has 104 valence electrons. The van der Waals surface area contributed by atoms with Gasteiger partial charge in [0.15, 0.2) is 0 Å². The van der Waals surface area contributed by atoms with Crippen LogP contribution in [0.2, 0.25) is 0 Å². The fraction of sp³-hybridized carbons (Fsp3) is 0.857. The minimum Gasteiger partial charge on any atom is -0.342 e.